The van der Waals surface area contributed by atoms with Crippen LogP contribution in [0.2, 0.25) is 0 Å². The molecule has 2 unspecified atom stereocenters. The molecule has 0 saturated heterocycles. The first-order valence-electron chi connectivity index (χ1n) is 2.64. The van der Waals surface area contributed by atoms with Gasteiger partial charge in [0.1, 0.15) is 0 Å². The van der Waals surface area contributed by atoms with Crippen molar-refractivity contribution in [3.8, 4) is 0 Å². The van der Waals surface area contributed by atoms with Gasteiger partial charge in [-0.2, -0.15) is 0 Å². The van der Waals surface area contributed by atoms with Gasteiger partial charge >= 0.3 is 0 Å². The highest BCUT2D eigenvalue weighted by molar-refractivity contribution is 5.58. The summed E-state index contributed by atoms with van der Waals surface area (Å²) in [6, 6.07) is 0.0847. The second-order valence-electron chi connectivity index (χ2n) is 2.01. The van der Waals surface area contributed by atoms with Crippen molar-refractivity contribution in [3.63, 3.8) is 0 Å². The van der Waals surface area contributed by atoms with Crippen molar-refractivity contribution in [2.45, 2.75) is 12.5 Å². The number of hydrogen-bond acceptors (Lipinski definition) is 2. The Balaban J connectivity index is 2.45. The standard InChI is InChI=1S/C6H8NO/c7-6-2-1-5(3-6)4-8/h1-2,5-6H,3,7H2. The number of hydrogen-bond donors (Lipinski definition) is 1. The molecule has 1 aliphatic rings. The van der Waals surface area contributed by atoms with Gasteiger partial charge in [0.15, 0.2) is 0 Å². The van der Waals surface area contributed by atoms with E-state index in [-0.39, 0.29) is 12.0 Å². The van der Waals surface area contributed by atoms with E-state index in [0.29, 0.717) is 0 Å². The first kappa shape index (κ1) is 5.51. The van der Waals surface area contributed by atoms with Crippen molar-refractivity contribution < 1.29 is 4.79 Å². The zero-order chi connectivity index (χ0) is 5.98. The topological polar surface area (TPSA) is 43.1 Å². The molecule has 0 saturated carbocycles. The molecule has 1 rings (SSSR count). The summed E-state index contributed by atoms with van der Waals surface area (Å²) < 4.78 is 0. The lowest BCUT2D eigenvalue weighted by Gasteiger charge is -1.96. The fraction of sp³-hybridized carbons (Fsp3) is 0.500. The summed E-state index contributed by atoms with van der Waals surface area (Å²) >= 11 is 0. The van der Waals surface area contributed by atoms with E-state index < -0.39 is 0 Å². The van der Waals surface area contributed by atoms with Gasteiger partial charge in [0, 0.05) is 12.0 Å². The van der Waals surface area contributed by atoms with Gasteiger partial charge in [-0.25, -0.2) is 0 Å². The second-order valence-corrected chi connectivity index (χ2v) is 2.01. The summed E-state index contributed by atoms with van der Waals surface area (Å²) in [6.45, 7) is 0. The molecule has 0 fully saturated rings. The fourth-order valence-corrected chi connectivity index (χ4v) is 0.815. The van der Waals surface area contributed by atoms with Crippen molar-refractivity contribution >= 4 is 6.29 Å². The molecule has 0 spiro atoms. The summed E-state index contributed by atoms with van der Waals surface area (Å²) in [5.74, 6) is -0.0370. The predicted octanol–water partition coefficient (Wildman–Crippen LogP) is -0.000500. The molecule has 1 aliphatic carbocycles. The number of carbonyl (C=O) groups excluding carboxylic acids is 1. The summed E-state index contributed by atoms with van der Waals surface area (Å²) in [5.41, 5.74) is 5.44. The number of nitrogens with two attached hydrogens (primary N) is 1. The largest absolute Gasteiger partial charge is 0.324 e. The van der Waals surface area contributed by atoms with Crippen LogP contribution in [0.4, 0.5) is 0 Å². The Morgan fingerprint density at radius 2 is 2.38 bits per heavy atom. The maximum absolute atomic E-state index is 9.92. The Morgan fingerprint density at radius 1 is 1.62 bits per heavy atom. The maximum Gasteiger partial charge on any atom is 0.205 e. The van der Waals surface area contributed by atoms with Crippen molar-refractivity contribution in [2.24, 2.45) is 11.7 Å². The normalized spacial score (nSPS) is 35.6. The van der Waals surface area contributed by atoms with E-state index in [2.05, 4.69) is 0 Å². The van der Waals surface area contributed by atoms with E-state index in [4.69, 9.17) is 5.73 Å². The Hall–Kier alpha value is -0.630. The van der Waals surface area contributed by atoms with E-state index in [1.165, 1.54) is 0 Å². The molecular weight excluding hydrogens is 102 g/mol. The molecule has 0 amide bonds. The van der Waals surface area contributed by atoms with Crippen molar-refractivity contribution in [3.05, 3.63) is 12.2 Å². The molecule has 0 heterocycles. The van der Waals surface area contributed by atoms with E-state index in [9.17, 15) is 4.79 Å². The highest BCUT2D eigenvalue weighted by atomic mass is 16.1. The quantitative estimate of drug-likeness (QED) is 0.483. The van der Waals surface area contributed by atoms with Crippen LogP contribution in [0.25, 0.3) is 0 Å². The fourth-order valence-electron chi connectivity index (χ4n) is 0.815. The third-order valence-corrected chi connectivity index (χ3v) is 1.27. The zero-order valence-corrected chi connectivity index (χ0v) is 4.50. The first-order chi connectivity index (χ1) is 3.83. The van der Waals surface area contributed by atoms with E-state index >= 15 is 0 Å². The lowest BCUT2D eigenvalue weighted by molar-refractivity contribution is 0.532. The first-order valence-corrected chi connectivity index (χ1v) is 2.64. The van der Waals surface area contributed by atoms with Gasteiger partial charge in [0.2, 0.25) is 6.29 Å². The molecule has 0 aromatic carbocycles. The second kappa shape index (κ2) is 2.09. The highest BCUT2D eigenvalue weighted by Crippen LogP contribution is 2.12. The van der Waals surface area contributed by atoms with Crippen LogP contribution < -0.4 is 5.73 Å². The third-order valence-electron chi connectivity index (χ3n) is 1.27. The summed E-state index contributed by atoms with van der Waals surface area (Å²) in [7, 11) is 0. The van der Waals surface area contributed by atoms with Crippen molar-refractivity contribution in [1.29, 1.82) is 0 Å². The van der Waals surface area contributed by atoms with E-state index in [1.54, 1.807) is 6.08 Å². The molecule has 0 aliphatic heterocycles. The average Bonchev–Trinajstić information content (AvgIpc) is 2.14. The monoisotopic (exact) mass is 110 g/mol. The van der Waals surface area contributed by atoms with Crippen LogP contribution in [-0.4, -0.2) is 12.3 Å². The van der Waals surface area contributed by atoms with Gasteiger partial charge in [0.25, 0.3) is 0 Å². The van der Waals surface area contributed by atoms with E-state index in [0.717, 1.165) is 6.42 Å². The van der Waals surface area contributed by atoms with Gasteiger partial charge in [-0.15, -0.1) is 0 Å². The predicted molar refractivity (Wildman–Crippen MR) is 30.9 cm³/mol. The summed E-state index contributed by atoms with van der Waals surface area (Å²) in [4.78, 5) is 9.92. The van der Waals surface area contributed by atoms with Crippen LogP contribution in [-0.2, 0) is 4.79 Å². The number of rotatable bonds is 1. The molecule has 0 aromatic rings. The summed E-state index contributed by atoms with van der Waals surface area (Å²) in [5, 5.41) is 0. The van der Waals surface area contributed by atoms with E-state index in [1.807, 2.05) is 12.4 Å². The molecule has 2 heteroatoms. The van der Waals surface area contributed by atoms with Gasteiger partial charge in [0.05, 0.1) is 0 Å². The summed E-state index contributed by atoms with van der Waals surface area (Å²) in [6.07, 6.45) is 6.26. The Labute approximate surface area is 48.4 Å². The third kappa shape index (κ3) is 0.954. The Morgan fingerprint density at radius 3 is 2.62 bits per heavy atom. The van der Waals surface area contributed by atoms with Crippen LogP contribution in [0, 0.1) is 5.92 Å². The molecule has 2 nitrogen and oxygen atoms in total. The van der Waals surface area contributed by atoms with Crippen LogP contribution in [0.1, 0.15) is 6.42 Å². The van der Waals surface area contributed by atoms with Gasteiger partial charge in [-0.05, 0) is 6.42 Å². The molecule has 1 radical (unpaired) electrons. The van der Waals surface area contributed by atoms with Crippen LogP contribution >= 0.6 is 0 Å². The minimum atomic E-state index is -0.0370. The molecule has 0 bridgehead atoms. The smallest absolute Gasteiger partial charge is 0.205 e. The van der Waals surface area contributed by atoms with Crippen LogP contribution in [0.3, 0.4) is 0 Å². The van der Waals surface area contributed by atoms with Crippen molar-refractivity contribution in [2.75, 3.05) is 0 Å². The highest BCUT2D eigenvalue weighted by Gasteiger charge is 2.14. The molecular formula is C6H8NO. The molecule has 2 N–H and O–H groups in total. The Bertz CT molecular complexity index is 120. The maximum atomic E-state index is 9.92. The van der Waals surface area contributed by atoms with Gasteiger partial charge < -0.3 is 5.73 Å². The minimum absolute atomic E-state index is 0.0370. The lowest BCUT2D eigenvalue weighted by Crippen LogP contribution is -2.14. The lowest BCUT2D eigenvalue weighted by atomic mass is 10.1. The number of allylic oxidation sites excluding steroid dienone is 1. The van der Waals surface area contributed by atoms with Gasteiger partial charge in [-0.3, -0.25) is 4.79 Å². The van der Waals surface area contributed by atoms with Crippen molar-refractivity contribution in [1.82, 2.24) is 0 Å². The Kier molecular flexibility index (Phi) is 1.44. The SMILES string of the molecule is NC1C=CC([C]=O)C1. The average molecular weight is 110 g/mol. The molecule has 2 atom stereocenters. The van der Waals surface area contributed by atoms with Crippen LogP contribution in [0.5, 0.6) is 0 Å². The molecule has 8 heavy (non-hydrogen) atoms. The minimum Gasteiger partial charge on any atom is -0.324 e. The van der Waals surface area contributed by atoms with Crippen LogP contribution in [0.15, 0.2) is 12.2 Å². The zero-order valence-electron chi connectivity index (χ0n) is 4.50. The molecule has 0 aromatic heterocycles. The van der Waals surface area contributed by atoms with Gasteiger partial charge in [-0.1, -0.05) is 12.2 Å². The molecule has 43 valence electrons.